The molecule has 0 aliphatic rings. The number of aromatic nitrogens is 2. The minimum Gasteiger partial charge on any atom is -0.344 e. The lowest BCUT2D eigenvalue weighted by molar-refractivity contribution is 0.720. The summed E-state index contributed by atoms with van der Waals surface area (Å²) < 4.78 is 0. The van der Waals surface area contributed by atoms with Crippen molar-refractivity contribution in [2.75, 3.05) is 0 Å². The van der Waals surface area contributed by atoms with E-state index in [0.717, 1.165) is 28.5 Å². The third kappa shape index (κ3) is 3.31. The molecule has 2 rings (SSSR count). The van der Waals surface area contributed by atoms with Crippen molar-refractivity contribution in [2.24, 2.45) is 0 Å². The largest absolute Gasteiger partial charge is 0.344 e. The summed E-state index contributed by atoms with van der Waals surface area (Å²) in [5.74, 6) is 1.57. The number of H-pyrrole nitrogens is 1. The molecule has 2 nitrogen and oxygen atoms in total. The Hall–Kier alpha value is -0.990. The molecule has 1 aromatic heterocycles. The van der Waals surface area contributed by atoms with Crippen molar-refractivity contribution < 1.29 is 0 Å². The first-order valence-electron chi connectivity index (χ1n) is 6.47. The summed E-state index contributed by atoms with van der Waals surface area (Å²) in [5, 5.41) is 1.38. The molecule has 0 aliphatic carbocycles. The van der Waals surface area contributed by atoms with E-state index in [9.17, 15) is 0 Å². The Balaban J connectivity index is 2.17. The maximum atomic E-state index is 6.22. The molecule has 0 saturated heterocycles. The number of imidazole rings is 1. The van der Waals surface area contributed by atoms with E-state index in [2.05, 4.69) is 36.8 Å². The standard InChI is InChI=1S/C15H18Cl2N2/c1-9(2)14-15(17)19-13(18-14)8-10(3)11-6-4-5-7-12(11)16/h4-7,9-10H,8H2,1-3H3,(H,18,19). The highest BCUT2D eigenvalue weighted by atomic mass is 35.5. The van der Waals surface area contributed by atoms with E-state index >= 15 is 0 Å². The Kier molecular flexibility index (Phi) is 4.54. The topological polar surface area (TPSA) is 28.7 Å². The van der Waals surface area contributed by atoms with Crippen LogP contribution >= 0.6 is 23.2 Å². The van der Waals surface area contributed by atoms with Gasteiger partial charge in [0.25, 0.3) is 0 Å². The predicted molar refractivity (Wildman–Crippen MR) is 81.3 cm³/mol. The number of nitrogens with one attached hydrogen (secondary N) is 1. The highest BCUT2D eigenvalue weighted by Gasteiger charge is 2.15. The molecular formula is C15H18Cl2N2. The number of hydrogen-bond donors (Lipinski definition) is 1. The van der Waals surface area contributed by atoms with E-state index in [0.29, 0.717) is 17.0 Å². The lowest BCUT2D eigenvalue weighted by Gasteiger charge is -2.11. The lowest BCUT2D eigenvalue weighted by Crippen LogP contribution is -2.01. The van der Waals surface area contributed by atoms with Gasteiger partial charge in [-0.2, -0.15) is 0 Å². The Morgan fingerprint density at radius 2 is 1.84 bits per heavy atom. The Bertz CT molecular complexity index is 561. The highest BCUT2D eigenvalue weighted by molar-refractivity contribution is 6.31. The van der Waals surface area contributed by atoms with Crippen molar-refractivity contribution in [2.45, 2.75) is 39.0 Å². The monoisotopic (exact) mass is 296 g/mol. The first-order valence-corrected chi connectivity index (χ1v) is 7.23. The van der Waals surface area contributed by atoms with E-state index in [1.807, 2.05) is 18.2 Å². The van der Waals surface area contributed by atoms with E-state index < -0.39 is 0 Å². The van der Waals surface area contributed by atoms with Gasteiger partial charge in [-0.05, 0) is 23.5 Å². The zero-order valence-corrected chi connectivity index (χ0v) is 12.9. The zero-order chi connectivity index (χ0) is 14.0. The molecule has 2 aromatic rings. The second kappa shape index (κ2) is 5.98. The van der Waals surface area contributed by atoms with Crippen molar-refractivity contribution in [3.8, 4) is 0 Å². The number of aromatic amines is 1. The predicted octanol–water partition coefficient (Wildman–Crippen LogP) is 5.19. The summed E-state index contributed by atoms with van der Waals surface area (Å²) in [6.45, 7) is 6.34. The van der Waals surface area contributed by atoms with Crippen molar-refractivity contribution >= 4 is 23.2 Å². The van der Waals surface area contributed by atoms with Crippen LogP contribution in [0, 0.1) is 0 Å². The van der Waals surface area contributed by atoms with Gasteiger partial charge in [0, 0.05) is 11.4 Å². The van der Waals surface area contributed by atoms with Gasteiger partial charge in [-0.1, -0.05) is 62.2 Å². The van der Waals surface area contributed by atoms with Gasteiger partial charge in [-0.25, -0.2) is 4.98 Å². The molecule has 19 heavy (non-hydrogen) atoms. The van der Waals surface area contributed by atoms with Crippen LogP contribution < -0.4 is 0 Å². The normalized spacial score (nSPS) is 12.9. The molecule has 0 spiro atoms. The van der Waals surface area contributed by atoms with Crippen LogP contribution in [0.4, 0.5) is 0 Å². The molecule has 0 radical (unpaired) electrons. The molecule has 1 unspecified atom stereocenters. The van der Waals surface area contributed by atoms with Crippen LogP contribution in [0.2, 0.25) is 10.2 Å². The van der Waals surface area contributed by atoms with Crippen LogP contribution in [0.3, 0.4) is 0 Å². The van der Waals surface area contributed by atoms with Crippen LogP contribution in [0.1, 0.15) is 49.7 Å². The molecule has 1 heterocycles. The molecule has 0 amide bonds. The smallest absolute Gasteiger partial charge is 0.150 e. The number of nitrogens with zero attached hydrogens (tertiary/aromatic N) is 1. The summed E-state index contributed by atoms with van der Waals surface area (Å²) in [7, 11) is 0. The van der Waals surface area contributed by atoms with Gasteiger partial charge in [-0.15, -0.1) is 0 Å². The fraction of sp³-hybridized carbons (Fsp3) is 0.400. The van der Waals surface area contributed by atoms with Crippen LogP contribution in [-0.4, -0.2) is 9.97 Å². The molecule has 0 fully saturated rings. The van der Waals surface area contributed by atoms with Crippen LogP contribution in [-0.2, 0) is 6.42 Å². The van der Waals surface area contributed by atoms with E-state index in [-0.39, 0.29) is 0 Å². The first kappa shape index (κ1) is 14.4. The molecule has 4 heteroatoms. The third-order valence-corrected chi connectivity index (χ3v) is 3.88. The number of rotatable bonds is 4. The Labute approximate surface area is 124 Å². The summed E-state index contributed by atoms with van der Waals surface area (Å²) in [6.07, 6.45) is 0.802. The van der Waals surface area contributed by atoms with Crippen molar-refractivity contribution in [1.29, 1.82) is 0 Å². The second-order valence-electron chi connectivity index (χ2n) is 5.17. The molecule has 1 atom stereocenters. The highest BCUT2D eigenvalue weighted by Crippen LogP contribution is 2.28. The van der Waals surface area contributed by atoms with Gasteiger partial charge in [0.1, 0.15) is 5.82 Å². The zero-order valence-electron chi connectivity index (χ0n) is 11.4. The molecule has 0 aliphatic heterocycles. The summed E-state index contributed by atoms with van der Waals surface area (Å²) in [4.78, 5) is 7.71. The van der Waals surface area contributed by atoms with Gasteiger partial charge in [0.05, 0.1) is 5.69 Å². The Morgan fingerprint density at radius 3 is 2.42 bits per heavy atom. The summed E-state index contributed by atoms with van der Waals surface area (Å²) >= 11 is 12.3. The van der Waals surface area contributed by atoms with Crippen molar-refractivity contribution in [3.05, 3.63) is 51.5 Å². The van der Waals surface area contributed by atoms with E-state index in [4.69, 9.17) is 23.2 Å². The maximum absolute atomic E-state index is 6.22. The average Bonchev–Trinajstić information content (AvgIpc) is 2.70. The SMILES string of the molecule is CC(C)c1[nH]c(CC(C)c2ccccc2Cl)nc1Cl. The summed E-state index contributed by atoms with van der Waals surface area (Å²) in [5.41, 5.74) is 2.14. The number of benzene rings is 1. The second-order valence-corrected chi connectivity index (χ2v) is 5.93. The van der Waals surface area contributed by atoms with Crippen LogP contribution in [0.5, 0.6) is 0 Å². The number of hydrogen-bond acceptors (Lipinski definition) is 1. The van der Waals surface area contributed by atoms with E-state index in [1.165, 1.54) is 0 Å². The lowest BCUT2D eigenvalue weighted by atomic mass is 9.97. The van der Waals surface area contributed by atoms with Crippen molar-refractivity contribution in [3.63, 3.8) is 0 Å². The van der Waals surface area contributed by atoms with Gasteiger partial charge in [0.15, 0.2) is 5.15 Å². The van der Waals surface area contributed by atoms with Gasteiger partial charge in [0.2, 0.25) is 0 Å². The number of halogens is 2. The van der Waals surface area contributed by atoms with Crippen LogP contribution in [0.25, 0.3) is 0 Å². The van der Waals surface area contributed by atoms with Gasteiger partial charge >= 0.3 is 0 Å². The van der Waals surface area contributed by atoms with E-state index in [1.54, 1.807) is 0 Å². The third-order valence-electron chi connectivity index (χ3n) is 3.25. The quantitative estimate of drug-likeness (QED) is 0.827. The molecular weight excluding hydrogens is 279 g/mol. The average molecular weight is 297 g/mol. The van der Waals surface area contributed by atoms with Gasteiger partial charge < -0.3 is 4.98 Å². The Morgan fingerprint density at radius 1 is 1.16 bits per heavy atom. The fourth-order valence-electron chi connectivity index (χ4n) is 2.17. The first-order chi connectivity index (χ1) is 8.99. The molecule has 1 aromatic carbocycles. The fourth-order valence-corrected chi connectivity index (χ4v) is 2.86. The van der Waals surface area contributed by atoms with Crippen molar-refractivity contribution in [1.82, 2.24) is 9.97 Å². The summed E-state index contributed by atoms with van der Waals surface area (Å²) in [6, 6.07) is 7.93. The van der Waals surface area contributed by atoms with Crippen LogP contribution in [0.15, 0.2) is 24.3 Å². The molecule has 1 N–H and O–H groups in total. The van der Waals surface area contributed by atoms with Gasteiger partial charge in [-0.3, -0.25) is 0 Å². The minimum absolute atomic E-state index is 0.302. The molecule has 102 valence electrons. The maximum Gasteiger partial charge on any atom is 0.150 e. The minimum atomic E-state index is 0.302. The molecule has 0 saturated carbocycles. The molecule has 0 bridgehead atoms.